The number of ether oxygens (including phenoxy) is 1. The van der Waals surface area contributed by atoms with E-state index in [9.17, 15) is 4.79 Å². The van der Waals surface area contributed by atoms with Crippen LogP contribution in [-0.4, -0.2) is 67.2 Å². The lowest BCUT2D eigenvalue weighted by Crippen LogP contribution is -2.40. The Bertz CT molecular complexity index is 1680. The van der Waals surface area contributed by atoms with Gasteiger partial charge in [-0.1, -0.05) is 32.1 Å². The second kappa shape index (κ2) is 10.5. The first-order valence-corrected chi connectivity index (χ1v) is 13.5. The Labute approximate surface area is 231 Å². The number of morpholine rings is 1. The quantitative estimate of drug-likeness (QED) is 0.247. The Kier molecular flexibility index (Phi) is 6.80. The topological polar surface area (TPSA) is 112 Å². The van der Waals surface area contributed by atoms with E-state index in [1.807, 2.05) is 41.4 Å². The van der Waals surface area contributed by atoms with Crippen molar-refractivity contribution in [1.82, 2.24) is 30.0 Å². The zero-order valence-electron chi connectivity index (χ0n) is 21.8. The number of thiocarbonyl (C=S) groups is 1. The minimum atomic E-state index is 0.0155. The molecule has 3 N–H and O–H groups in total. The van der Waals surface area contributed by atoms with Crippen molar-refractivity contribution >= 4 is 50.7 Å². The molecule has 1 fully saturated rings. The molecule has 1 aromatic carbocycles. The number of aromatic nitrogens is 5. The van der Waals surface area contributed by atoms with Gasteiger partial charge >= 0.3 is 0 Å². The maximum Gasteiger partial charge on any atom is 0.254 e. The molecule has 0 spiro atoms. The van der Waals surface area contributed by atoms with Gasteiger partial charge in [0.05, 0.1) is 41.5 Å². The predicted octanol–water partition coefficient (Wildman–Crippen LogP) is 5.43. The average molecular weight is 540 g/mol. The molecule has 5 heterocycles. The SMILES string of the molecule is CC(C)CC(=S)Nc1cncc(-c2cnc3n[nH]c(-c4cc5c(C(=O)N6CCOCC6)cccc5[nH]4)c3c2)c1. The largest absolute Gasteiger partial charge is 0.378 e. The van der Waals surface area contributed by atoms with Crippen LogP contribution in [0, 0.1) is 5.92 Å². The number of carbonyl (C=O) groups is 1. The molecule has 0 bridgehead atoms. The molecule has 0 aliphatic carbocycles. The Morgan fingerprint density at radius 2 is 1.92 bits per heavy atom. The number of hydrogen-bond acceptors (Lipinski definition) is 6. The summed E-state index contributed by atoms with van der Waals surface area (Å²) in [4.78, 5) is 28.4. The van der Waals surface area contributed by atoms with Gasteiger partial charge in [-0.15, -0.1) is 0 Å². The maximum atomic E-state index is 13.3. The number of fused-ring (bicyclic) bond motifs is 2. The van der Waals surface area contributed by atoms with Gasteiger partial charge in [0.15, 0.2) is 5.65 Å². The third-order valence-electron chi connectivity index (χ3n) is 6.82. The van der Waals surface area contributed by atoms with E-state index in [-0.39, 0.29) is 5.91 Å². The van der Waals surface area contributed by atoms with E-state index in [1.54, 1.807) is 12.4 Å². The summed E-state index contributed by atoms with van der Waals surface area (Å²) < 4.78 is 5.42. The highest BCUT2D eigenvalue weighted by Crippen LogP contribution is 2.32. The fourth-order valence-electron chi connectivity index (χ4n) is 4.93. The lowest BCUT2D eigenvalue weighted by atomic mass is 10.1. The lowest BCUT2D eigenvalue weighted by molar-refractivity contribution is 0.0304. The molecule has 9 nitrogen and oxygen atoms in total. The first-order chi connectivity index (χ1) is 19.0. The van der Waals surface area contributed by atoms with Gasteiger partial charge in [0.25, 0.3) is 5.91 Å². The summed E-state index contributed by atoms with van der Waals surface area (Å²) >= 11 is 5.49. The number of amides is 1. The molecule has 4 aromatic heterocycles. The van der Waals surface area contributed by atoms with Crippen LogP contribution >= 0.6 is 12.2 Å². The van der Waals surface area contributed by atoms with Crippen LogP contribution in [0.1, 0.15) is 30.6 Å². The monoisotopic (exact) mass is 539 g/mol. The summed E-state index contributed by atoms with van der Waals surface area (Å²) in [5.74, 6) is 0.493. The molecule has 0 radical (unpaired) electrons. The van der Waals surface area contributed by atoms with Crippen molar-refractivity contribution < 1.29 is 9.53 Å². The third-order valence-corrected chi connectivity index (χ3v) is 7.09. The number of pyridine rings is 2. The summed E-state index contributed by atoms with van der Waals surface area (Å²) in [6.45, 7) is 6.61. The lowest BCUT2D eigenvalue weighted by Gasteiger charge is -2.27. The molecule has 1 aliphatic heterocycles. The normalized spacial score (nSPS) is 13.9. The van der Waals surface area contributed by atoms with Crippen LogP contribution in [0.2, 0.25) is 0 Å². The number of rotatable bonds is 6. The summed E-state index contributed by atoms with van der Waals surface area (Å²) in [6, 6.07) is 11.8. The minimum Gasteiger partial charge on any atom is -0.378 e. The number of carbonyl (C=O) groups excluding carboxylic acids is 1. The number of anilines is 1. The van der Waals surface area contributed by atoms with E-state index in [2.05, 4.69) is 50.4 Å². The summed E-state index contributed by atoms with van der Waals surface area (Å²) in [5.41, 5.74) is 6.49. The smallest absolute Gasteiger partial charge is 0.254 e. The minimum absolute atomic E-state index is 0.0155. The molecular weight excluding hydrogens is 510 g/mol. The molecule has 6 rings (SSSR count). The van der Waals surface area contributed by atoms with Crippen molar-refractivity contribution in [2.75, 3.05) is 31.6 Å². The fourth-order valence-corrected chi connectivity index (χ4v) is 5.38. The molecule has 1 aliphatic rings. The van der Waals surface area contributed by atoms with Gasteiger partial charge in [-0.2, -0.15) is 5.10 Å². The third kappa shape index (κ3) is 5.13. The summed E-state index contributed by atoms with van der Waals surface area (Å²) in [6.07, 6.45) is 6.19. The van der Waals surface area contributed by atoms with E-state index in [4.69, 9.17) is 17.0 Å². The van der Waals surface area contributed by atoms with Crippen molar-refractivity contribution in [1.29, 1.82) is 0 Å². The Hall–Kier alpha value is -4.15. The van der Waals surface area contributed by atoms with E-state index in [1.165, 1.54) is 0 Å². The Morgan fingerprint density at radius 1 is 1.10 bits per heavy atom. The molecule has 198 valence electrons. The van der Waals surface area contributed by atoms with E-state index >= 15 is 0 Å². The number of nitrogens with one attached hydrogen (secondary N) is 3. The van der Waals surface area contributed by atoms with Gasteiger partial charge in [-0.05, 0) is 36.2 Å². The number of aromatic amines is 2. The van der Waals surface area contributed by atoms with Crippen LogP contribution in [0.15, 0.2) is 55.0 Å². The van der Waals surface area contributed by atoms with E-state index < -0.39 is 0 Å². The highest BCUT2D eigenvalue weighted by atomic mass is 32.1. The van der Waals surface area contributed by atoms with Gasteiger partial charge in [-0.25, -0.2) is 4.98 Å². The first-order valence-electron chi connectivity index (χ1n) is 13.0. The van der Waals surface area contributed by atoms with Crippen molar-refractivity contribution in [3.8, 4) is 22.5 Å². The van der Waals surface area contributed by atoms with Crippen LogP contribution in [0.3, 0.4) is 0 Å². The summed E-state index contributed by atoms with van der Waals surface area (Å²) in [5, 5.41) is 12.6. The van der Waals surface area contributed by atoms with Crippen LogP contribution in [0.25, 0.3) is 44.5 Å². The highest BCUT2D eigenvalue weighted by molar-refractivity contribution is 7.80. The van der Waals surface area contributed by atoms with Crippen molar-refractivity contribution in [2.45, 2.75) is 20.3 Å². The average Bonchev–Trinajstić information content (AvgIpc) is 3.56. The van der Waals surface area contributed by atoms with Crippen molar-refractivity contribution in [3.63, 3.8) is 0 Å². The van der Waals surface area contributed by atoms with Gasteiger partial charge in [0.1, 0.15) is 0 Å². The zero-order valence-corrected chi connectivity index (χ0v) is 22.6. The van der Waals surface area contributed by atoms with Gasteiger partial charge in [0.2, 0.25) is 0 Å². The number of nitrogens with zero attached hydrogens (tertiary/aromatic N) is 4. The van der Waals surface area contributed by atoms with Gasteiger partial charge in [-0.3, -0.25) is 14.9 Å². The van der Waals surface area contributed by atoms with Crippen LogP contribution in [0.4, 0.5) is 5.69 Å². The highest BCUT2D eigenvalue weighted by Gasteiger charge is 2.22. The molecule has 10 heteroatoms. The van der Waals surface area contributed by atoms with Crippen LogP contribution in [0.5, 0.6) is 0 Å². The number of H-pyrrole nitrogens is 2. The molecule has 1 amide bonds. The molecule has 0 saturated carbocycles. The fraction of sp³-hybridized carbons (Fsp3) is 0.276. The Morgan fingerprint density at radius 3 is 2.74 bits per heavy atom. The molecule has 0 atom stereocenters. The van der Waals surface area contributed by atoms with Crippen LogP contribution in [-0.2, 0) is 4.74 Å². The molecule has 39 heavy (non-hydrogen) atoms. The maximum absolute atomic E-state index is 13.3. The molecule has 1 saturated heterocycles. The van der Waals surface area contributed by atoms with Crippen LogP contribution < -0.4 is 5.32 Å². The summed E-state index contributed by atoms with van der Waals surface area (Å²) in [7, 11) is 0. The molecule has 0 unspecified atom stereocenters. The second-order valence-corrected chi connectivity index (χ2v) is 10.6. The van der Waals surface area contributed by atoms with Gasteiger partial charge < -0.3 is 19.9 Å². The van der Waals surface area contributed by atoms with Crippen molar-refractivity contribution in [2.24, 2.45) is 5.92 Å². The molecular formula is C29H29N7O2S. The predicted molar refractivity (Wildman–Crippen MR) is 157 cm³/mol. The van der Waals surface area contributed by atoms with E-state index in [0.717, 1.165) is 55.9 Å². The number of hydrogen-bond donors (Lipinski definition) is 3. The standard InChI is InChI=1S/C29H29N7O2S/c1-17(2)10-26(39)32-20-11-18(14-30-16-20)19-12-23-27(34-35-28(23)31-15-19)25-13-22-21(4-3-5-24(22)33-25)29(37)36-6-8-38-9-7-36/h3-5,11-17,33H,6-10H2,1-2H3,(H,32,39)(H,31,34,35). The van der Waals surface area contributed by atoms with Crippen molar-refractivity contribution in [3.05, 3.63) is 60.6 Å². The molecule has 5 aromatic rings. The first kappa shape index (κ1) is 25.1. The second-order valence-electron chi connectivity index (χ2n) is 10.2. The van der Waals surface area contributed by atoms with E-state index in [0.29, 0.717) is 43.4 Å². The van der Waals surface area contributed by atoms with Gasteiger partial charge in [0, 0.05) is 64.9 Å². The Balaban J connectivity index is 1.34. The number of benzene rings is 1. The zero-order chi connectivity index (χ0) is 26.9.